The third-order valence-electron chi connectivity index (χ3n) is 3.90. The fourth-order valence-electron chi connectivity index (χ4n) is 2.67. The van der Waals surface area contributed by atoms with Crippen molar-refractivity contribution in [3.63, 3.8) is 0 Å². The van der Waals surface area contributed by atoms with Gasteiger partial charge in [-0.25, -0.2) is 0 Å². The van der Waals surface area contributed by atoms with Gasteiger partial charge in [0.15, 0.2) is 0 Å². The summed E-state index contributed by atoms with van der Waals surface area (Å²) in [6.45, 7) is 1.86. The smallest absolute Gasteiger partial charge is 0.138 e. The molecule has 0 radical (unpaired) electrons. The summed E-state index contributed by atoms with van der Waals surface area (Å²) in [4.78, 5) is 11.5. The van der Waals surface area contributed by atoms with Crippen molar-refractivity contribution in [3.05, 3.63) is 53.6 Å². The maximum absolute atomic E-state index is 11.5. The van der Waals surface area contributed by atoms with Gasteiger partial charge in [0.05, 0.1) is 0 Å². The third-order valence-corrected chi connectivity index (χ3v) is 3.90. The number of ether oxygens (including phenoxy) is 1. The second kappa shape index (κ2) is 6.16. The van der Waals surface area contributed by atoms with E-state index in [-0.39, 0.29) is 17.3 Å². The number of phenolic OH excluding ortho intramolecular Hbond substituents is 2. The van der Waals surface area contributed by atoms with E-state index in [0.29, 0.717) is 30.8 Å². The molecule has 0 saturated carbocycles. The van der Waals surface area contributed by atoms with E-state index in [1.54, 1.807) is 36.4 Å². The molecule has 0 amide bonds. The average Bonchev–Trinajstić information content (AvgIpc) is 2.53. The second-order valence-corrected chi connectivity index (χ2v) is 5.51. The molecular weight excluding hydrogens is 292 g/mol. The molecule has 0 bridgehead atoms. The van der Waals surface area contributed by atoms with Crippen molar-refractivity contribution in [2.45, 2.75) is 26.2 Å². The number of Topliss-reactive ketones (excluding diaryl/α,β-unsaturated/α-hetero) is 1. The Bertz CT molecular complexity index is 736. The summed E-state index contributed by atoms with van der Waals surface area (Å²) in [5.74, 6) is 1.54. The Kier molecular flexibility index (Phi) is 4.06. The van der Waals surface area contributed by atoms with E-state index in [1.807, 2.05) is 13.0 Å². The third kappa shape index (κ3) is 3.06. The zero-order valence-electron chi connectivity index (χ0n) is 12.9. The standard InChI is InChI=1S/C19H18O4/c1-2-12(20)4-3-5-15-16-8-6-13(21)10-18(16)23-19-11-14(22)7-9-17(15)19/h5-11,21-22H,2-4H2,1H3. The number of benzene rings is 2. The predicted octanol–water partition coefficient (Wildman–Crippen LogP) is 4.39. The van der Waals surface area contributed by atoms with Gasteiger partial charge in [0.25, 0.3) is 0 Å². The molecule has 3 rings (SSSR count). The molecular formula is C19H18O4. The molecule has 1 aliphatic heterocycles. The van der Waals surface area contributed by atoms with Crippen LogP contribution in [0.5, 0.6) is 23.0 Å². The van der Waals surface area contributed by atoms with E-state index >= 15 is 0 Å². The summed E-state index contributed by atoms with van der Waals surface area (Å²) in [6.07, 6.45) is 3.70. The van der Waals surface area contributed by atoms with Crippen molar-refractivity contribution in [1.29, 1.82) is 0 Å². The van der Waals surface area contributed by atoms with Crippen LogP contribution in [-0.2, 0) is 4.79 Å². The SMILES string of the molecule is CCC(=O)CCC=C1c2ccc(O)cc2Oc2cc(O)ccc21. The average molecular weight is 310 g/mol. The maximum atomic E-state index is 11.5. The molecule has 0 unspecified atom stereocenters. The van der Waals surface area contributed by atoms with Crippen LogP contribution in [-0.4, -0.2) is 16.0 Å². The fraction of sp³-hybridized carbons (Fsp3) is 0.211. The lowest BCUT2D eigenvalue weighted by Gasteiger charge is -2.23. The molecule has 2 N–H and O–H groups in total. The van der Waals surface area contributed by atoms with Crippen molar-refractivity contribution in [2.75, 3.05) is 0 Å². The van der Waals surface area contributed by atoms with Gasteiger partial charge >= 0.3 is 0 Å². The highest BCUT2D eigenvalue weighted by molar-refractivity contribution is 5.89. The summed E-state index contributed by atoms with van der Waals surface area (Å²) >= 11 is 0. The normalized spacial score (nSPS) is 12.1. The second-order valence-electron chi connectivity index (χ2n) is 5.51. The zero-order chi connectivity index (χ0) is 16.4. The number of phenols is 2. The Hall–Kier alpha value is -2.75. The lowest BCUT2D eigenvalue weighted by molar-refractivity contribution is -0.118. The number of carbonyl (C=O) groups excluding carboxylic acids is 1. The molecule has 4 nitrogen and oxygen atoms in total. The lowest BCUT2D eigenvalue weighted by Crippen LogP contribution is -2.02. The number of ketones is 1. The minimum Gasteiger partial charge on any atom is -0.508 e. The topological polar surface area (TPSA) is 66.8 Å². The molecule has 118 valence electrons. The van der Waals surface area contributed by atoms with Crippen LogP contribution in [0.3, 0.4) is 0 Å². The molecule has 0 spiro atoms. The van der Waals surface area contributed by atoms with Gasteiger partial charge in [-0.3, -0.25) is 4.79 Å². The van der Waals surface area contributed by atoms with E-state index in [1.165, 1.54) is 0 Å². The molecule has 0 aromatic heterocycles. The molecule has 0 aliphatic carbocycles. The zero-order valence-corrected chi connectivity index (χ0v) is 12.9. The first-order valence-electron chi connectivity index (χ1n) is 7.65. The van der Waals surface area contributed by atoms with Crippen LogP contribution in [0.25, 0.3) is 5.57 Å². The van der Waals surface area contributed by atoms with Gasteiger partial charge in [0, 0.05) is 36.1 Å². The highest BCUT2D eigenvalue weighted by Crippen LogP contribution is 2.45. The molecule has 4 heteroatoms. The molecule has 0 saturated heterocycles. The van der Waals surface area contributed by atoms with Crippen molar-refractivity contribution < 1.29 is 19.7 Å². The Balaban J connectivity index is 2.03. The van der Waals surface area contributed by atoms with Crippen molar-refractivity contribution in [3.8, 4) is 23.0 Å². The van der Waals surface area contributed by atoms with E-state index in [0.717, 1.165) is 16.7 Å². The van der Waals surface area contributed by atoms with Crippen LogP contribution in [0, 0.1) is 0 Å². The summed E-state index contributed by atoms with van der Waals surface area (Å²) in [5, 5.41) is 19.3. The van der Waals surface area contributed by atoms with Crippen molar-refractivity contribution >= 4 is 11.4 Å². The number of fused-ring (bicyclic) bond motifs is 2. The van der Waals surface area contributed by atoms with Gasteiger partial charge in [-0.2, -0.15) is 0 Å². The van der Waals surface area contributed by atoms with Gasteiger partial charge < -0.3 is 14.9 Å². The van der Waals surface area contributed by atoms with Crippen LogP contribution >= 0.6 is 0 Å². The predicted molar refractivity (Wildman–Crippen MR) is 87.9 cm³/mol. The molecule has 2 aromatic rings. The molecule has 0 fully saturated rings. The Morgan fingerprint density at radius 1 is 1.04 bits per heavy atom. The van der Waals surface area contributed by atoms with Crippen LogP contribution in [0.2, 0.25) is 0 Å². The minimum absolute atomic E-state index is 0.118. The van der Waals surface area contributed by atoms with Crippen LogP contribution in [0.15, 0.2) is 42.5 Å². The van der Waals surface area contributed by atoms with Crippen molar-refractivity contribution in [2.24, 2.45) is 0 Å². The van der Waals surface area contributed by atoms with Gasteiger partial charge in [-0.15, -0.1) is 0 Å². The first-order chi connectivity index (χ1) is 11.1. The van der Waals surface area contributed by atoms with E-state index in [4.69, 9.17) is 4.74 Å². The number of hydrogen-bond acceptors (Lipinski definition) is 4. The minimum atomic E-state index is 0.118. The maximum Gasteiger partial charge on any atom is 0.138 e. The molecule has 23 heavy (non-hydrogen) atoms. The van der Waals surface area contributed by atoms with Gasteiger partial charge in [-0.05, 0) is 36.3 Å². The number of aromatic hydroxyl groups is 2. The van der Waals surface area contributed by atoms with Gasteiger partial charge in [0.1, 0.15) is 28.8 Å². The first-order valence-corrected chi connectivity index (χ1v) is 7.65. The van der Waals surface area contributed by atoms with Gasteiger partial charge in [-0.1, -0.05) is 13.0 Å². The Morgan fingerprint density at radius 3 is 2.13 bits per heavy atom. The molecule has 0 atom stereocenters. The highest BCUT2D eigenvalue weighted by atomic mass is 16.5. The number of carbonyl (C=O) groups is 1. The largest absolute Gasteiger partial charge is 0.508 e. The summed E-state index contributed by atoms with van der Waals surface area (Å²) in [6, 6.07) is 9.92. The van der Waals surface area contributed by atoms with E-state index < -0.39 is 0 Å². The summed E-state index contributed by atoms with van der Waals surface area (Å²) in [7, 11) is 0. The van der Waals surface area contributed by atoms with Crippen LogP contribution in [0.4, 0.5) is 0 Å². The van der Waals surface area contributed by atoms with E-state index in [2.05, 4.69) is 0 Å². The van der Waals surface area contributed by atoms with Crippen LogP contribution < -0.4 is 4.74 Å². The summed E-state index contributed by atoms with van der Waals surface area (Å²) < 4.78 is 5.79. The number of allylic oxidation sites excluding steroid dienone is 1. The molecule has 1 aliphatic rings. The Morgan fingerprint density at radius 2 is 1.61 bits per heavy atom. The molecule has 2 aromatic carbocycles. The highest BCUT2D eigenvalue weighted by Gasteiger charge is 2.22. The van der Waals surface area contributed by atoms with Crippen LogP contribution in [0.1, 0.15) is 37.3 Å². The molecule has 1 heterocycles. The van der Waals surface area contributed by atoms with E-state index in [9.17, 15) is 15.0 Å². The quantitative estimate of drug-likeness (QED) is 0.750. The lowest BCUT2D eigenvalue weighted by atomic mass is 9.92. The number of rotatable bonds is 4. The summed E-state index contributed by atoms with van der Waals surface area (Å²) in [5.41, 5.74) is 2.68. The van der Waals surface area contributed by atoms with Gasteiger partial charge in [0.2, 0.25) is 0 Å². The Labute approximate surface area is 134 Å². The van der Waals surface area contributed by atoms with Crippen molar-refractivity contribution in [1.82, 2.24) is 0 Å². The first kappa shape index (κ1) is 15.2. The number of hydrogen-bond donors (Lipinski definition) is 2. The monoisotopic (exact) mass is 310 g/mol. The fourth-order valence-corrected chi connectivity index (χ4v) is 2.67.